The third kappa shape index (κ3) is 4.40. The van der Waals surface area contributed by atoms with Crippen LogP contribution in [0.2, 0.25) is 5.02 Å². The van der Waals surface area contributed by atoms with Crippen LogP contribution in [0.5, 0.6) is 0 Å². The van der Waals surface area contributed by atoms with Gasteiger partial charge in [-0.05, 0) is 48.2 Å². The zero-order valence-corrected chi connectivity index (χ0v) is 18.9. The van der Waals surface area contributed by atoms with E-state index < -0.39 is 21.3 Å². The standard InChI is InChI=1S/C24H21ClFN3O2S/c1-3-11-32(2,31)29-21-6-4-5-18(22(21)26)23(30)20-14-28-24-19(20)12-16(13-27-24)15-7-9-17(25)10-8-15/h4-10,12-14H,2-3,11H2,1H3,(H,27,28)(H,29,31). The van der Waals surface area contributed by atoms with Crippen LogP contribution < -0.4 is 4.72 Å². The lowest BCUT2D eigenvalue weighted by atomic mass is 10.0. The molecule has 2 aromatic heterocycles. The lowest BCUT2D eigenvalue weighted by molar-refractivity contribution is 0.103. The van der Waals surface area contributed by atoms with Gasteiger partial charge in [0.15, 0.2) is 11.6 Å². The monoisotopic (exact) mass is 469 g/mol. The third-order valence-corrected chi connectivity index (χ3v) is 6.94. The third-order valence-electron chi connectivity index (χ3n) is 5.03. The topological polar surface area (TPSA) is 74.8 Å². The molecule has 0 radical (unpaired) electrons. The highest BCUT2D eigenvalue weighted by atomic mass is 35.5. The number of rotatable bonds is 7. The van der Waals surface area contributed by atoms with E-state index in [9.17, 15) is 9.00 Å². The van der Waals surface area contributed by atoms with Crippen molar-refractivity contribution in [3.05, 3.63) is 82.9 Å². The van der Waals surface area contributed by atoms with Crippen LogP contribution in [0.3, 0.4) is 0 Å². The van der Waals surface area contributed by atoms with Gasteiger partial charge in [0.05, 0.1) is 11.3 Å². The summed E-state index contributed by atoms with van der Waals surface area (Å²) in [6.07, 6.45) is 3.85. The van der Waals surface area contributed by atoms with E-state index in [2.05, 4.69) is 20.6 Å². The Morgan fingerprint density at radius 1 is 1.19 bits per heavy atom. The molecule has 1 atom stereocenters. The summed E-state index contributed by atoms with van der Waals surface area (Å²) in [4.78, 5) is 20.6. The molecular weight excluding hydrogens is 449 g/mol. The molecule has 1 unspecified atom stereocenters. The fraction of sp³-hybridized carbons (Fsp3) is 0.125. The number of benzene rings is 2. The van der Waals surface area contributed by atoms with Crippen molar-refractivity contribution in [3.63, 3.8) is 0 Å². The van der Waals surface area contributed by atoms with Gasteiger partial charge in [0.25, 0.3) is 0 Å². The first-order valence-electron chi connectivity index (χ1n) is 9.98. The molecule has 4 rings (SSSR count). The maximum absolute atomic E-state index is 15.2. The van der Waals surface area contributed by atoms with E-state index in [1.807, 2.05) is 25.1 Å². The Hall–Kier alpha value is -3.16. The molecule has 4 aromatic rings. The average molecular weight is 470 g/mol. The fourth-order valence-electron chi connectivity index (χ4n) is 3.50. The summed E-state index contributed by atoms with van der Waals surface area (Å²) < 4.78 is 30.3. The van der Waals surface area contributed by atoms with Gasteiger partial charge in [-0.25, -0.2) is 13.6 Å². The second kappa shape index (κ2) is 8.76. The molecular formula is C24H21ClFN3O2S. The van der Waals surface area contributed by atoms with Crippen molar-refractivity contribution >= 4 is 49.7 Å². The van der Waals surface area contributed by atoms with E-state index in [4.69, 9.17) is 11.6 Å². The predicted molar refractivity (Wildman–Crippen MR) is 130 cm³/mol. The molecule has 32 heavy (non-hydrogen) atoms. The van der Waals surface area contributed by atoms with E-state index in [1.54, 1.807) is 24.4 Å². The minimum atomic E-state index is -2.70. The molecule has 2 aromatic carbocycles. The number of aromatic nitrogens is 2. The number of nitrogens with one attached hydrogen (secondary N) is 2. The van der Waals surface area contributed by atoms with Crippen LogP contribution >= 0.6 is 11.6 Å². The Balaban J connectivity index is 1.73. The van der Waals surface area contributed by atoms with Crippen LogP contribution in [-0.4, -0.2) is 31.6 Å². The molecule has 8 heteroatoms. The van der Waals surface area contributed by atoms with Crippen molar-refractivity contribution in [2.24, 2.45) is 0 Å². The quantitative estimate of drug-likeness (QED) is 0.269. The molecule has 0 bridgehead atoms. The number of carbonyl (C=O) groups excluding carboxylic acids is 1. The average Bonchev–Trinajstić information content (AvgIpc) is 3.18. The molecule has 2 heterocycles. The first-order valence-corrected chi connectivity index (χ1v) is 12.3. The summed E-state index contributed by atoms with van der Waals surface area (Å²) in [5.41, 5.74) is 2.37. The number of carbonyl (C=O) groups is 1. The molecule has 0 spiro atoms. The van der Waals surface area contributed by atoms with Gasteiger partial charge in [-0.3, -0.25) is 4.79 Å². The normalized spacial score (nSPS) is 13.1. The predicted octanol–water partition coefficient (Wildman–Crippen LogP) is 5.71. The van der Waals surface area contributed by atoms with Gasteiger partial charge in [-0.15, -0.1) is 0 Å². The Labute approximate surface area is 190 Å². The van der Waals surface area contributed by atoms with Gasteiger partial charge in [0, 0.05) is 49.4 Å². The van der Waals surface area contributed by atoms with Crippen molar-refractivity contribution in [1.29, 1.82) is 0 Å². The number of anilines is 1. The van der Waals surface area contributed by atoms with E-state index in [1.165, 1.54) is 18.3 Å². The molecule has 164 valence electrons. The first-order chi connectivity index (χ1) is 15.3. The summed E-state index contributed by atoms with van der Waals surface area (Å²) in [6.45, 7) is 1.87. The van der Waals surface area contributed by atoms with Crippen molar-refractivity contribution in [2.75, 3.05) is 10.5 Å². The van der Waals surface area contributed by atoms with Crippen molar-refractivity contribution in [3.8, 4) is 11.1 Å². The molecule has 0 aliphatic rings. The molecule has 0 amide bonds. The van der Waals surface area contributed by atoms with Crippen molar-refractivity contribution in [2.45, 2.75) is 13.3 Å². The van der Waals surface area contributed by atoms with Crippen LogP contribution in [-0.2, 0) is 9.71 Å². The van der Waals surface area contributed by atoms with Gasteiger partial charge < -0.3 is 9.71 Å². The Kier molecular flexibility index (Phi) is 6.04. The summed E-state index contributed by atoms with van der Waals surface area (Å²) in [5.74, 6) is 2.68. The minimum Gasteiger partial charge on any atom is -0.345 e. The van der Waals surface area contributed by atoms with Crippen molar-refractivity contribution in [1.82, 2.24) is 9.97 Å². The summed E-state index contributed by atoms with van der Waals surface area (Å²) in [6, 6.07) is 13.5. The van der Waals surface area contributed by atoms with Gasteiger partial charge in [-0.2, -0.15) is 0 Å². The second-order valence-electron chi connectivity index (χ2n) is 7.44. The molecule has 0 aliphatic carbocycles. The zero-order valence-electron chi connectivity index (χ0n) is 17.3. The fourth-order valence-corrected chi connectivity index (χ4v) is 4.95. The number of hydrogen-bond acceptors (Lipinski definition) is 3. The SMILES string of the molecule is C=S(=O)(CCC)Nc1cccc(C(=O)c2c[nH]c3ncc(-c4ccc(Cl)cc4)cc23)c1F. The van der Waals surface area contributed by atoms with E-state index in [0.717, 1.165) is 11.1 Å². The van der Waals surface area contributed by atoms with Gasteiger partial charge in [-0.1, -0.05) is 36.7 Å². The van der Waals surface area contributed by atoms with Crippen LogP contribution in [0.15, 0.2) is 60.9 Å². The van der Waals surface area contributed by atoms with Crippen LogP contribution in [0.4, 0.5) is 10.1 Å². The van der Waals surface area contributed by atoms with E-state index in [-0.39, 0.29) is 11.3 Å². The zero-order chi connectivity index (χ0) is 22.9. The number of ketones is 1. The smallest absolute Gasteiger partial charge is 0.198 e. The molecule has 0 fully saturated rings. The van der Waals surface area contributed by atoms with E-state index >= 15 is 4.39 Å². The molecule has 0 aliphatic heterocycles. The number of H-pyrrole nitrogens is 1. The summed E-state index contributed by atoms with van der Waals surface area (Å²) in [7, 11) is -2.70. The van der Waals surface area contributed by atoms with Gasteiger partial charge in [0.1, 0.15) is 5.65 Å². The Morgan fingerprint density at radius 2 is 1.94 bits per heavy atom. The molecule has 0 saturated carbocycles. The number of fused-ring (bicyclic) bond motifs is 1. The maximum atomic E-state index is 15.2. The second-order valence-corrected chi connectivity index (χ2v) is 10.1. The number of nitrogens with zero attached hydrogens (tertiary/aromatic N) is 1. The summed E-state index contributed by atoms with van der Waals surface area (Å²) >= 11 is 5.97. The van der Waals surface area contributed by atoms with Crippen LogP contribution in [0.1, 0.15) is 29.3 Å². The highest BCUT2D eigenvalue weighted by molar-refractivity contribution is 8.01. The highest BCUT2D eigenvalue weighted by Gasteiger charge is 2.21. The van der Waals surface area contributed by atoms with Crippen molar-refractivity contribution < 1.29 is 13.4 Å². The lowest BCUT2D eigenvalue weighted by Crippen LogP contribution is -2.17. The number of pyridine rings is 1. The molecule has 2 N–H and O–H groups in total. The Bertz CT molecular complexity index is 1410. The largest absolute Gasteiger partial charge is 0.345 e. The van der Waals surface area contributed by atoms with Crippen LogP contribution in [0.25, 0.3) is 22.2 Å². The van der Waals surface area contributed by atoms with E-state index in [0.29, 0.717) is 33.8 Å². The maximum Gasteiger partial charge on any atom is 0.198 e. The Morgan fingerprint density at radius 3 is 2.66 bits per heavy atom. The number of aromatic amines is 1. The summed E-state index contributed by atoms with van der Waals surface area (Å²) in [5, 5.41) is 1.20. The molecule has 5 nitrogen and oxygen atoms in total. The minimum absolute atomic E-state index is 0.0101. The number of hydrogen-bond donors (Lipinski definition) is 2. The highest BCUT2D eigenvalue weighted by Crippen LogP contribution is 2.29. The molecule has 0 saturated heterocycles. The van der Waals surface area contributed by atoms with Gasteiger partial charge >= 0.3 is 0 Å². The lowest BCUT2D eigenvalue weighted by Gasteiger charge is -2.14. The number of halogens is 2. The van der Waals surface area contributed by atoms with Crippen LogP contribution in [0, 0.1) is 5.82 Å². The van der Waals surface area contributed by atoms with Gasteiger partial charge in [0.2, 0.25) is 0 Å². The first kappa shape index (κ1) is 22.0.